The lowest BCUT2D eigenvalue weighted by Gasteiger charge is -2.43. The van der Waals surface area contributed by atoms with Crippen LogP contribution in [0.1, 0.15) is 39.0 Å². The van der Waals surface area contributed by atoms with E-state index < -0.39 is 12.5 Å². The van der Waals surface area contributed by atoms with E-state index in [2.05, 4.69) is 0 Å². The van der Waals surface area contributed by atoms with Gasteiger partial charge in [-0.05, 0) is 18.3 Å². The molecule has 12 heavy (non-hydrogen) atoms. The van der Waals surface area contributed by atoms with Gasteiger partial charge in [0.25, 0.3) is 5.92 Å². The highest BCUT2D eigenvalue weighted by molar-refractivity contribution is 4.91. The molecule has 1 rings (SSSR count). The Kier molecular flexibility index (Phi) is 2.71. The molecule has 1 aliphatic carbocycles. The zero-order valence-electron chi connectivity index (χ0n) is 7.58. The van der Waals surface area contributed by atoms with E-state index in [1.165, 1.54) is 0 Å². The van der Waals surface area contributed by atoms with Crippen molar-refractivity contribution >= 4 is 0 Å². The predicted molar refractivity (Wildman–Crippen MR) is 45.2 cm³/mol. The minimum Gasteiger partial charge on any atom is -0.325 e. The van der Waals surface area contributed by atoms with Crippen LogP contribution in [-0.4, -0.2) is 12.5 Å². The Morgan fingerprint density at radius 2 is 2.00 bits per heavy atom. The van der Waals surface area contributed by atoms with Crippen LogP contribution in [0.25, 0.3) is 0 Å². The maximum atomic E-state index is 12.9. The quantitative estimate of drug-likeness (QED) is 0.701. The van der Waals surface area contributed by atoms with E-state index in [0.717, 1.165) is 25.7 Å². The number of halogens is 2. The average Bonchev–Trinajstić information content (AvgIpc) is 1.97. The molecule has 1 fully saturated rings. The fourth-order valence-electron chi connectivity index (χ4n) is 1.95. The van der Waals surface area contributed by atoms with Gasteiger partial charge in [-0.2, -0.15) is 0 Å². The molecule has 72 valence electrons. The van der Waals surface area contributed by atoms with Gasteiger partial charge in [-0.15, -0.1) is 0 Å². The summed E-state index contributed by atoms with van der Waals surface area (Å²) in [7, 11) is 0. The van der Waals surface area contributed by atoms with Crippen molar-refractivity contribution in [2.45, 2.75) is 45.0 Å². The molecule has 3 heteroatoms. The monoisotopic (exact) mass is 177 g/mol. The van der Waals surface area contributed by atoms with Crippen molar-refractivity contribution in [3.05, 3.63) is 0 Å². The Labute approximate surface area is 72.3 Å². The molecule has 2 N–H and O–H groups in total. The summed E-state index contributed by atoms with van der Waals surface area (Å²) in [5.41, 5.74) is 4.92. The SMILES string of the molecule is CCC1(CC(F)(F)CN)CCC1. The van der Waals surface area contributed by atoms with Crippen molar-refractivity contribution < 1.29 is 8.78 Å². The van der Waals surface area contributed by atoms with Crippen molar-refractivity contribution in [1.82, 2.24) is 0 Å². The second-order valence-corrected chi connectivity index (χ2v) is 3.94. The summed E-state index contributed by atoms with van der Waals surface area (Å²) in [4.78, 5) is 0. The molecular formula is C9H17F2N. The Bertz CT molecular complexity index is 147. The third-order valence-electron chi connectivity index (χ3n) is 3.10. The van der Waals surface area contributed by atoms with Crippen LogP contribution < -0.4 is 5.73 Å². The van der Waals surface area contributed by atoms with E-state index >= 15 is 0 Å². The molecule has 0 radical (unpaired) electrons. The standard InChI is InChI=1S/C9H17F2N/c1-2-8(4-3-5-8)6-9(10,11)7-12/h2-7,12H2,1H3. The highest BCUT2D eigenvalue weighted by Crippen LogP contribution is 2.50. The zero-order chi connectivity index (χ0) is 9.24. The van der Waals surface area contributed by atoms with Crippen molar-refractivity contribution in [2.24, 2.45) is 11.1 Å². The van der Waals surface area contributed by atoms with E-state index in [1.807, 2.05) is 6.92 Å². The van der Waals surface area contributed by atoms with E-state index in [0.29, 0.717) is 0 Å². The minimum atomic E-state index is -2.64. The fourth-order valence-corrected chi connectivity index (χ4v) is 1.95. The van der Waals surface area contributed by atoms with Gasteiger partial charge in [0, 0.05) is 6.42 Å². The van der Waals surface area contributed by atoms with Gasteiger partial charge in [0.15, 0.2) is 0 Å². The van der Waals surface area contributed by atoms with Crippen LogP contribution in [0.2, 0.25) is 0 Å². The van der Waals surface area contributed by atoms with Gasteiger partial charge in [-0.1, -0.05) is 19.8 Å². The molecule has 0 aromatic rings. The highest BCUT2D eigenvalue weighted by Gasteiger charge is 2.43. The first kappa shape index (κ1) is 9.90. The summed E-state index contributed by atoms with van der Waals surface area (Å²) >= 11 is 0. The molecule has 0 bridgehead atoms. The molecule has 0 saturated heterocycles. The van der Waals surface area contributed by atoms with Gasteiger partial charge in [-0.25, -0.2) is 8.78 Å². The van der Waals surface area contributed by atoms with E-state index in [4.69, 9.17) is 5.73 Å². The van der Waals surface area contributed by atoms with Crippen LogP contribution in [-0.2, 0) is 0 Å². The lowest BCUT2D eigenvalue weighted by Crippen LogP contribution is -2.39. The van der Waals surface area contributed by atoms with Crippen LogP contribution in [0.4, 0.5) is 8.78 Å². The van der Waals surface area contributed by atoms with Gasteiger partial charge in [-0.3, -0.25) is 0 Å². The van der Waals surface area contributed by atoms with Crippen LogP contribution in [0, 0.1) is 5.41 Å². The zero-order valence-corrected chi connectivity index (χ0v) is 7.58. The molecule has 0 unspecified atom stereocenters. The van der Waals surface area contributed by atoms with Crippen molar-refractivity contribution in [1.29, 1.82) is 0 Å². The number of nitrogens with two attached hydrogens (primary N) is 1. The Morgan fingerprint density at radius 1 is 1.42 bits per heavy atom. The maximum absolute atomic E-state index is 12.9. The predicted octanol–water partition coefficient (Wildman–Crippen LogP) is 2.55. The number of hydrogen-bond donors (Lipinski definition) is 1. The molecule has 0 heterocycles. The third kappa shape index (κ3) is 1.94. The second kappa shape index (κ2) is 3.29. The van der Waals surface area contributed by atoms with Crippen molar-refractivity contribution in [3.8, 4) is 0 Å². The lowest BCUT2D eigenvalue weighted by molar-refractivity contribution is -0.0638. The van der Waals surface area contributed by atoms with Crippen molar-refractivity contribution in [2.75, 3.05) is 6.54 Å². The van der Waals surface area contributed by atoms with Gasteiger partial charge < -0.3 is 5.73 Å². The van der Waals surface area contributed by atoms with E-state index in [-0.39, 0.29) is 11.8 Å². The Balaban J connectivity index is 2.47. The summed E-state index contributed by atoms with van der Waals surface area (Å²) in [5.74, 6) is -2.64. The molecule has 0 aromatic carbocycles. The van der Waals surface area contributed by atoms with Crippen LogP contribution in [0.15, 0.2) is 0 Å². The molecule has 0 aliphatic heterocycles. The second-order valence-electron chi connectivity index (χ2n) is 3.94. The molecular weight excluding hydrogens is 160 g/mol. The lowest BCUT2D eigenvalue weighted by atomic mass is 9.64. The molecule has 1 aliphatic rings. The van der Waals surface area contributed by atoms with Gasteiger partial charge in [0.1, 0.15) is 0 Å². The Hall–Kier alpha value is -0.180. The topological polar surface area (TPSA) is 26.0 Å². The summed E-state index contributed by atoms with van der Waals surface area (Å²) < 4.78 is 25.9. The van der Waals surface area contributed by atoms with Gasteiger partial charge >= 0.3 is 0 Å². The summed E-state index contributed by atoms with van der Waals surface area (Å²) in [6, 6.07) is 0. The highest BCUT2D eigenvalue weighted by atomic mass is 19.3. The first-order valence-corrected chi connectivity index (χ1v) is 4.61. The molecule has 0 atom stereocenters. The van der Waals surface area contributed by atoms with Gasteiger partial charge in [0.2, 0.25) is 0 Å². The summed E-state index contributed by atoms with van der Waals surface area (Å²) in [5, 5.41) is 0. The minimum absolute atomic E-state index is 0.00694. The van der Waals surface area contributed by atoms with Crippen LogP contribution in [0.3, 0.4) is 0 Å². The number of hydrogen-bond acceptors (Lipinski definition) is 1. The average molecular weight is 177 g/mol. The maximum Gasteiger partial charge on any atom is 0.260 e. The van der Waals surface area contributed by atoms with Crippen molar-refractivity contribution in [3.63, 3.8) is 0 Å². The molecule has 1 saturated carbocycles. The normalized spacial score (nSPS) is 22.0. The first-order valence-electron chi connectivity index (χ1n) is 4.61. The summed E-state index contributed by atoms with van der Waals surface area (Å²) in [6.45, 7) is 1.49. The molecule has 0 amide bonds. The molecule has 0 spiro atoms. The summed E-state index contributed by atoms with van der Waals surface area (Å²) in [6.07, 6.45) is 3.88. The molecule has 0 aromatic heterocycles. The third-order valence-corrected chi connectivity index (χ3v) is 3.10. The van der Waals surface area contributed by atoms with Crippen LogP contribution in [0.5, 0.6) is 0 Å². The smallest absolute Gasteiger partial charge is 0.260 e. The van der Waals surface area contributed by atoms with E-state index in [1.54, 1.807) is 0 Å². The van der Waals surface area contributed by atoms with Gasteiger partial charge in [0.05, 0.1) is 6.54 Å². The molecule has 1 nitrogen and oxygen atoms in total. The first-order chi connectivity index (χ1) is 5.54. The number of rotatable bonds is 4. The number of alkyl halides is 2. The Morgan fingerprint density at radius 3 is 2.25 bits per heavy atom. The largest absolute Gasteiger partial charge is 0.325 e. The van der Waals surface area contributed by atoms with Crippen LogP contribution >= 0.6 is 0 Å². The fraction of sp³-hybridized carbons (Fsp3) is 1.00. The van der Waals surface area contributed by atoms with E-state index in [9.17, 15) is 8.78 Å².